The lowest BCUT2D eigenvalue weighted by molar-refractivity contribution is 0.102. The first-order valence-electron chi connectivity index (χ1n) is 9.21. The lowest BCUT2D eigenvalue weighted by Crippen LogP contribution is -2.53. The Labute approximate surface area is 161 Å². The number of fused-ring (bicyclic) bond motifs is 1. The van der Waals surface area contributed by atoms with E-state index in [1.165, 1.54) is 0 Å². The van der Waals surface area contributed by atoms with Gasteiger partial charge in [0.1, 0.15) is 6.17 Å². The minimum Gasteiger partial charge on any atom is -0.322 e. The second-order valence-electron chi connectivity index (χ2n) is 7.05. The minimum atomic E-state index is -0.198. The van der Waals surface area contributed by atoms with Crippen LogP contribution in [0.25, 0.3) is 5.52 Å². The SMILES string of the molecule is Cc1ccc(N2N=NC(C3CNC3)N2)cc1NC(=O)c1cnn2ccccc12. The summed E-state index contributed by atoms with van der Waals surface area (Å²) in [6.45, 7) is 3.84. The van der Waals surface area contributed by atoms with Gasteiger partial charge in [0.15, 0.2) is 0 Å². The highest BCUT2D eigenvalue weighted by molar-refractivity contribution is 6.09. The summed E-state index contributed by atoms with van der Waals surface area (Å²) in [6.07, 6.45) is 3.38. The third kappa shape index (κ3) is 2.90. The number of carbonyl (C=O) groups is 1. The number of nitrogens with zero attached hydrogens (tertiary/aromatic N) is 5. The van der Waals surface area contributed by atoms with Crippen molar-refractivity contribution in [2.75, 3.05) is 23.5 Å². The third-order valence-electron chi connectivity index (χ3n) is 5.16. The largest absolute Gasteiger partial charge is 0.322 e. The molecule has 1 unspecified atom stereocenters. The molecule has 9 heteroatoms. The van der Waals surface area contributed by atoms with Crippen LogP contribution in [0.5, 0.6) is 0 Å². The van der Waals surface area contributed by atoms with E-state index in [-0.39, 0.29) is 12.1 Å². The summed E-state index contributed by atoms with van der Waals surface area (Å²) >= 11 is 0. The molecule has 5 rings (SSSR count). The van der Waals surface area contributed by atoms with Crippen LogP contribution in [0.3, 0.4) is 0 Å². The number of nitrogens with one attached hydrogen (secondary N) is 3. The van der Waals surface area contributed by atoms with E-state index in [4.69, 9.17) is 0 Å². The van der Waals surface area contributed by atoms with Crippen LogP contribution in [0.4, 0.5) is 11.4 Å². The lowest BCUT2D eigenvalue weighted by atomic mass is 10.0. The first-order valence-corrected chi connectivity index (χ1v) is 9.21. The Hall–Kier alpha value is -3.30. The van der Waals surface area contributed by atoms with Crippen LogP contribution < -0.4 is 21.2 Å². The maximum Gasteiger partial charge on any atom is 0.259 e. The van der Waals surface area contributed by atoms with E-state index in [1.807, 2.05) is 49.5 Å². The predicted octanol–water partition coefficient (Wildman–Crippen LogP) is 2.13. The smallest absolute Gasteiger partial charge is 0.259 e. The maximum atomic E-state index is 12.8. The van der Waals surface area contributed by atoms with Crippen LogP contribution in [-0.4, -0.2) is 34.8 Å². The number of amides is 1. The average molecular weight is 376 g/mol. The molecule has 0 bridgehead atoms. The van der Waals surface area contributed by atoms with E-state index in [9.17, 15) is 4.79 Å². The molecule has 142 valence electrons. The zero-order valence-corrected chi connectivity index (χ0v) is 15.3. The molecule has 3 N–H and O–H groups in total. The molecule has 28 heavy (non-hydrogen) atoms. The topological polar surface area (TPSA) is 98.4 Å². The van der Waals surface area contributed by atoms with Crippen LogP contribution in [0, 0.1) is 12.8 Å². The minimum absolute atomic E-state index is 0.0145. The van der Waals surface area contributed by atoms with Gasteiger partial charge in [0, 0.05) is 30.9 Å². The number of aromatic nitrogens is 2. The number of carbonyl (C=O) groups excluding carboxylic acids is 1. The number of rotatable bonds is 4. The summed E-state index contributed by atoms with van der Waals surface area (Å²) < 4.78 is 1.68. The van der Waals surface area contributed by atoms with Gasteiger partial charge < -0.3 is 10.6 Å². The van der Waals surface area contributed by atoms with Gasteiger partial charge in [-0.15, -0.1) is 5.11 Å². The van der Waals surface area contributed by atoms with Gasteiger partial charge in [-0.2, -0.15) is 15.6 Å². The molecule has 1 atom stereocenters. The second kappa shape index (κ2) is 6.70. The average Bonchev–Trinajstić information content (AvgIpc) is 3.29. The summed E-state index contributed by atoms with van der Waals surface area (Å²) in [5.74, 6) is 0.255. The van der Waals surface area contributed by atoms with Gasteiger partial charge >= 0.3 is 0 Å². The number of hydrazine groups is 1. The van der Waals surface area contributed by atoms with Crippen LogP contribution in [0.2, 0.25) is 0 Å². The molecule has 1 saturated heterocycles. The van der Waals surface area contributed by atoms with Crippen molar-refractivity contribution in [2.24, 2.45) is 16.3 Å². The van der Waals surface area contributed by atoms with Crippen LogP contribution >= 0.6 is 0 Å². The van der Waals surface area contributed by atoms with E-state index >= 15 is 0 Å². The van der Waals surface area contributed by atoms with Crippen LogP contribution in [-0.2, 0) is 0 Å². The zero-order chi connectivity index (χ0) is 19.1. The molecule has 3 aromatic rings. The van der Waals surface area contributed by atoms with Crippen molar-refractivity contribution in [3.63, 3.8) is 0 Å². The first-order chi connectivity index (χ1) is 13.7. The highest BCUT2D eigenvalue weighted by Crippen LogP contribution is 2.27. The van der Waals surface area contributed by atoms with Crippen LogP contribution in [0.15, 0.2) is 59.1 Å². The molecular formula is C19H20N8O. The molecule has 9 nitrogen and oxygen atoms in total. The Morgan fingerprint density at radius 3 is 2.96 bits per heavy atom. The van der Waals surface area contributed by atoms with E-state index < -0.39 is 0 Å². The first kappa shape index (κ1) is 16.8. The highest BCUT2D eigenvalue weighted by atomic mass is 16.1. The molecule has 1 amide bonds. The number of hydrogen-bond acceptors (Lipinski definition) is 7. The van der Waals surface area contributed by atoms with Crippen molar-refractivity contribution < 1.29 is 4.79 Å². The van der Waals surface area contributed by atoms with Crippen LogP contribution in [0.1, 0.15) is 15.9 Å². The summed E-state index contributed by atoms with van der Waals surface area (Å²) in [6, 6.07) is 11.4. The Bertz CT molecular complexity index is 1070. The van der Waals surface area contributed by atoms with Crippen molar-refractivity contribution in [3.8, 4) is 0 Å². The normalized spacial score (nSPS) is 19.2. The molecule has 0 saturated carbocycles. The Morgan fingerprint density at radius 2 is 2.14 bits per heavy atom. The number of benzene rings is 1. The number of aryl methyl sites for hydroxylation is 1. The number of pyridine rings is 1. The third-order valence-corrected chi connectivity index (χ3v) is 5.16. The fraction of sp³-hybridized carbons (Fsp3) is 0.263. The van der Waals surface area contributed by atoms with E-state index in [1.54, 1.807) is 15.8 Å². The number of anilines is 2. The van der Waals surface area contributed by atoms with Gasteiger partial charge in [-0.1, -0.05) is 17.4 Å². The summed E-state index contributed by atoms with van der Waals surface area (Å²) in [4.78, 5) is 12.8. The quantitative estimate of drug-likeness (QED) is 0.648. The van der Waals surface area contributed by atoms with Gasteiger partial charge in [0.2, 0.25) is 0 Å². The second-order valence-corrected chi connectivity index (χ2v) is 7.05. The Balaban J connectivity index is 1.36. The molecule has 0 spiro atoms. The van der Waals surface area contributed by atoms with Gasteiger partial charge in [-0.05, 0) is 36.8 Å². The molecule has 1 aromatic carbocycles. The standard InChI is InChI=1S/C19H20N8O/c1-12-5-6-14(27-24-18(23-25-27)13-9-20-10-13)8-16(12)22-19(28)15-11-21-26-7-3-2-4-17(15)26/h2-8,11,13,18,20,24H,9-10H2,1H3,(H,22,28). The molecule has 2 aliphatic heterocycles. The van der Waals surface area contributed by atoms with E-state index in [0.29, 0.717) is 11.5 Å². The van der Waals surface area contributed by atoms with Crippen molar-refractivity contribution in [1.29, 1.82) is 0 Å². The van der Waals surface area contributed by atoms with Gasteiger partial charge in [-0.25, -0.2) is 4.52 Å². The predicted molar refractivity (Wildman–Crippen MR) is 105 cm³/mol. The fourth-order valence-electron chi connectivity index (χ4n) is 3.32. The Kier molecular flexibility index (Phi) is 4.03. The molecule has 2 aromatic heterocycles. The Morgan fingerprint density at radius 1 is 1.25 bits per heavy atom. The van der Waals surface area contributed by atoms with E-state index in [0.717, 1.165) is 35.5 Å². The maximum absolute atomic E-state index is 12.8. The lowest BCUT2D eigenvalue weighted by Gasteiger charge is -2.30. The van der Waals surface area contributed by atoms with E-state index in [2.05, 4.69) is 31.5 Å². The summed E-state index contributed by atoms with van der Waals surface area (Å²) in [5.41, 5.74) is 7.10. The van der Waals surface area contributed by atoms with Crippen molar-refractivity contribution in [3.05, 3.63) is 59.9 Å². The van der Waals surface area contributed by atoms with Gasteiger partial charge in [0.05, 0.1) is 23.0 Å². The monoisotopic (exact) mass is 376 g/mol. The number of hydrogen-bond donors (Lipinski definition) is 3. The molecule has 4 heterocycles. The van der Waals surface area contributed by atoms with Gasteiger partial charge in [-0.3, -0.25) is 4.79 Å². The molecular weight excluding hydrogens is 356 g/mol. The molecule has 1 fully saturated rings. The molecule has 0 radical (unpaired) electrons. The fourth-order valence-corrected chi connectivity index (χ4v) is 3.32. The summed E-state index contributed by atoms with van der Waals surface area (Å²) in [7, 11) is 0. The van der Waals surface area contributed by atoms with Gasteiger partial charge in [0.25, 0.3) is 5.91 Å². The molecule has 0 aliphatic carbocycles. The zero-order valence-electron chi connectivity index (χ0n) is 15.3. The van der Waals surface area contributed by atoms with Crippen molar-refractivity contribution in [2.45, 2.75) is 13.1 Å². The molecule has 2 aliphatic rings. The van der Waals surface area contributed by atoms with Crippen molar-refractivity contribution in [1.82, 2.24) is 20.4 Å². The highest BCUT2D eigenvalue weighted by Gasteiger charge is 2.32. The van der Waals surface area contributed by atoms with Crippen molar-refractivity contribution >= 4 is 22.8 Å². The summed E-state index contributed by atoms with van der Waals surface area (Å²) in [5, 5.41) is 20.7.